The number of thioether (sulfide) groups is 1. The Morgan fingerprint density at radius 1 is 1.50 bits per heavy atom. The number of nitrogens with one attached hydrogen (secondary N) is 1. The third-order valence-electron chi connectivity index (χ3n) is 2.53. The van der Waals surface area contributed by atoms with Gasteiger partial charge in [0.2, 0.25) is 5.91 Å². The van der Waals surface area contributed by atoms with Gasteiger partial charge in [-0.3, -0.25) is 19.3 Å². The number of imide groups is 1. The maximum Gasteiger partial charge on any atom is 0.288 e. The summed E-state index contributed by atoms with van der Waals surface area (Å²) >= 11 is 2.38. The van der Waals surface area contributed by atoms with Crippen molar-refractivity contribution < 1.29 is 14.4 Å². The molecule has 0 saturated carbocycles. The van der Waals surface area contributed by atoms with E-state index in [0.717, 1.165) is 17.3 Å². The minimum absolute atomic E-state index is 0.158. The van der Waals surface area contributed by atoms with Gasteiger partial charge in [-0.1, -0.05) is 11.8 Å². The predicted octanol–water partition coefficient (Wildman–Crippen LogP) is 1.48. The average molecular weight is 284 g/mol. The number of hydrogen-bond donors (Lipinski definition) is 1. The number of carbonyl (C=O) groups is 3. The molecule has 0 unspecified atom stereocenters. The summed E-state index contributed by atoms with van der Waals surface area (Å²) in [6.45, 7) is 2.39. The van der Waals surface area contributed by atoms with E-state index in [1.807, 2.05) is 18.4 Å². The smallest absolute Gasteiger partial charge is 0.288 e. The van der Waals surface area contributed by atoms with Gasteiger partial charge in [0.05, 0.1) is 10.6 Å². The highest BCUT2D eigenvalue weighted by Gasteiger charge is 2.29. The van der Waals surface area contributed by atoms with E-state index in [-0.39, 0.29) is 35.9 Å². The van der Waals surface area contributed by atoms with Gasteiger partial charge in [0.25, 0.3) is 11.1 Å². The lowest BCUT2D eigenvalue weighted by Gasteiger charge is -2.12. The van der Waals surface area contributed by atoms with E-state index in [1.54, 1.807) is 0 Å². The molecule has 2 heterocycles. The lowest BCUT2D eigenvalue weighted by atomic mass is 10.3. The zero-order valence-electron chi connectivity index (χ0n) is 9.76. The van der Waals surface area contributed by atoms with Gasteiger partial charge < -0.3 is 5.32 Å². The van der Waals surface area contributed by atoms with E-state index >= 15 is 0 Å². The number of hydrogen-bond acceptors (Lipinski definition) is 5. The van der Waals surface area contributed by atoms with Crippen molar-refractivity contribution in [1.29, 1.82) is 0 Å². The summed E-state index contributed by atoms with van der Waals surface area (Å²) in [6, 6.07) is 1.88. The van der Waals surface area contributed by atoms with Crippen molar-refractivity contribution in [1.82, 2.24) is 10.2 Å². The second kappa shape index (κ2) is 5.53. The second-order valence-corrected chi connectivity index (χ2v) is 5.63. The van der Waals surface area contributed by atoms with Crippen LogP contribution in [0.25, 0.3) is 0 Å². The first-order chi connectivity index (χ1) is 8.59. The maximum absolute atomic E-state index is 11.8. The standard InChI is InChI=1S/C11H12N2O3S2/c1-7-2-5-17-9(7)10(15)12-3-4-13-8(14)6-18-11(13)16/h2,5H,3-4,6H2,1H3,(H,12,15). The van der Waals surface area contributed by atoms with Gasteiger partial charge in [0.15, 0.2) is 0 Å². The molecule has 0 atom stereocenters. The van der Waals surface area contributed by atoms with Crippen LogP contribution in [0.2, 0.25) is 0 Å². The molecule has 1 saturated heterocycles. The molecule has 1 aromatic rings. The summed E-state index contributed by atoms with van der Waals surface area (Å²) in [6.07, 6.45) is 0. The summed E-state index contributed by atoms with van der Waals surface area (Å²) in [5.74, 6) is -0.141. The molecular formula is C11H12N2O3S2. The highest BCUT2D eigenvalue weighted by atomic mass is 32.2. The van der Waals surface area contributed by atoms with Gasteiger partial charge in [0, 0.05) is 13.1 Å². The first-order valence-electron chi connectivity index (χ1n) is 5.39. The van der Waals surface area contributed by atoms with Crippen LogP contribution in [-0.4, -0.2) is 40.8 Å². The Balaban J connectivity index is 1.82. The number of thiophene rings is 1. The monoisotopic (exact) mass is 284 g/mol. The van der Waals surface area contributed by atoms with Crippen molar-refractivity contribution in [3.63, 3.8) is 0 Å². The summed E-state index contributed by atoms with van der Waals surface area (Å²) in [5.41, 5.74) is 0.932. The Labute approximate surface area is 113 Å². The van der Waals surface area contributed by atoms with E-state index < -0.39 is 0 Å². The normalized spacial score (nSPS) is 15.3. The van der Waals surface area contributed by atoms with Crippen LogP contribution in [0.5, 0.6) is 0 Å². The summed E-state index contributed by atoms with van der Waals surface area (Å²) in [5, 5.41) is 4.33. The first kappa shape index (κ1) is 13.1. The molecule has 0 bridgehead atoms. The van der Waals surface area contributed by atoms with Gasteiger partial charge in [-0.25, -0.2) is 0 Å². The Morgan fingerprint density at radius 2 is 2.28 bits per heavy atom. The molecular weight excluding hydrogens is 272 g/mol. The lowest BCUT2D eigenvalue weighted by molar-refractivity contribution is -0.124. The highest BCUT2D eigenvalue weighted by Crippen LogP contribution is 2.18. The molecule has 0 radical (unpaired) electrons. The van der Waals surface area contributed by atoms with Gasteiger partial charge in [-0.15, -0.1) is 11.3 Å². The Kier molecular flexibility index (Phi) is 4.03. The van der Waals surface area contributed by atoms with E-state index in [2.05, 4.69) is 5.32 Å². The number of nitrogens with zero attached hydrogens (tertiary/aromatic N) is 1. The molecule has 1 aromatic heterocycles. The molecule has 0 aliphatic carbocycles. The van der Waals surface area contributed by atoms with Crippen molar-refractivity contribution >= 4 is 40.2 Å². The fourth-order valence-electron chi connectivity index (χ4n) is 1.56. The molecule has 0 aromatic carbocycles. The number of rotatable bonds is 4. The maximum atomic E-state index is 11.8. The first-order valence-corrected chi connectivity index (χ1v) is 7.25. The van der Waals surface area contributed by atoms with E-state index in [4.69, 9.17) is 0 Å². The highest BCUT2D eigenvalue weighted by molar-refractivity contribution is 8.14. The fourth-order valence-corrected chi connectivity index (χ4v) is 3.16. The van der Waals surface area contributed by atoms with Crippen molar-refractivity contribution in [3.8, 4) is 0 Å². The van der Waals surface area contributed by atoms with E-state index in [0.29, 0.717) is 4.88 Å². The number of aryl methyl sites for hydroxylation is 1. The number of amides is 3. The predicted molar refractivity (Wildman–Crippen MR) is 71.0 cm³/mol. The quantitative estimate of drug-likeness (QED) is 0.909. The van der Waals surface area contributed by atoms with Crippen LogP contribution in [0.4, 0.5) is 4.79 Å². The van der Waals surface area contributed by atoms with Crippen LogP contribution >= 0.6 is 23.1 Å². The molecule has 2 rings (SSSR count). The van der Waals surface area contributed by atoms with E-state index in [9.17, 15) is 14.4 Å². The van der Waals surface area contributed by atoms with Crippen LogP contribution in [0, 0.1) is 6.92 Å². The molecule has 0 spiro atoms. The van der Waals surface area contributed by atoms with Crippen LogP contribution in [0.1, 0.15) is 15.2 Å². The molecule has 1 fully saturated rings. The summed E-state index contributed by atoms with van der Waals surface area (Å²) < 4.78 is 0. The van der Waals surface area contributed by atoms with Crippen LogP contribution in [0.15, 0.2) is 11.4 Å². The Hall–Kier alpha value is -1.34. The molecule has 96 valence electrons. The van der Waals surface area contributed by atoms with Gasteiger partial charge in [0.1, 0.15) is 0 Å². The number of carbonyl (C=O) groups excluding carboxylic acids is 3. The molecule has 18 heavy (non-hydrogen) atoms. The minimum Gasteiger partial charge on any atom is -0.350 e. The SMILES string of the molecule is Cc1ccsc1C(=O)NCCN1C(=O)CSC1=O. The summed E-state index contributed by atoms with van der Waals surface area (Å²) in [4.78, 5) is 36.2. The lowest BCUT2D eigenvalue weighted by Crippen LogP contribution is -2.37. The average Bonchev–Trinajstić information content (AvgIpc) is 2.89. The van der Waals surface area contributed by atoms with Gasteiger partial charge >= 0.3 is 0 Å². The summed E-state index contributed by atoms with van der Waals surface area (Å²) in [7, 11) is 0. The molecule has 1 N–H and O–H groups in total. The van der Waals surface area contributed by atoms with Crippen molar-refractivity contribution in [2.75, 3.05) is 18.8 Å². The van der Waals surface area contributed by atoms with Crippen molar-refractivity contribution in [3.05, 3.63) is 21.9 Å². The topological polar surface area (TPSA) is 66.5 Å². The van der Waals surface area contributed by atoms with Crippen molar-refractivity contribution in [2.45, 2.75) is 6.92 Å². The molecule has 1 aliphatic heterocycles. The third kappa shape index (κ3) is 2.73. The molecule has 1 aliphatic rings. The van der Waals surface area contributed by atoms with Gasteiger partial charge in [-0.05, 0) is 23.9 Å². The molecule has 3 amide bonds. The van der Waals surface area contributed by atoms with Crippen LogP contribution in [0.3, 0.4) is 0 Å². The van der Waals surface area contributed by atoms with Gasteiger partial charge in [-0.2, -0.15) is 0 Å². The van der Waals surface area contributed by atoms with E-state index in [1.165, 1.54) is 16.2 Å². The third-order valence-corrected chi connectivity index (χ3v) is 4.40. The minimum atomic E-state index is -0.235. The largest absolute Gasteiger partial charge is 0.350 e. The zero-order chi connectivity index (χ0) is 13.1. The van der Waals surface area contributed by atoms with Crippen LogP contribution < -0.4 is 5.32 Å². The Bertz CT molecular complexity index is 482. The molecule has 5 nitrogen and oxygen atoms in total. The van der Waals surface area contributed by atoms with Crippen molar-refractivity contribution in [2.24, 2.45) is 0 Å². The zero-order valence-corrected chi connectivity index (χ0v) is 11.4. The van der Waals surface area contributed by atoms with Crippen LogP contribution in [-0.2, 0) is 4.79 Å². The fraction of sp³-hybridized carbons (Fsp3) is 0.364. The second-order valence-electron chi connectivity index (χ2n) is 3.79. The molecule has 7 heteroatoms. The Morgan fingerprint density at radius 3 is 2.83 bits per heavy atom.